The Bertz CT molecular complexity index is 2080. The van der Waals surface area contributed by atoms with Crippen LogP contribution in [0.25, 0.3) is 0 Å². The van der Waals surface area contributed by atoms with Gasteiger partial charge < -0.3 is 0 Å². The van der Waals surface area contributed by atoms with Crippen molar-refractivity contribution in [2.45, 2.75) is 96.4 Å². The zero-order valence-electron chi connectivity index (χ0n) is 34.1. The fourth-order valence-electron chi connectivity index (χ4n) is 9.28. The minimum atomic E-state index is -5.31. The normalized spacial score (nSPS) is 15.7. The third-order valence-corrected chi connectivity index (χ3v) is 20.2. The summed E-state index contributed by atoms with van der Waals surface area (Å²) >= 11 is 0. The van der Waals surface area contributed by atoms with E-state index in [9.17, 15) is 0 Å². The number of rotatable bonds is 5. The van der Waals surface area contributed by atoms with Crippen molar-refractivity contribution in [1.29, 1.82) is 0 Å². The molecule has 0 aromatic heterocycles. The number of nitrogens with zero attached hydrogens (tertiary/aromatic N) is 4. The summed E-state index contributed by atoms with van der Waals surface area (Å²) in [5.74, 6) is 0. The number of aryl methyl sites for hydroxylation is 12. The molecule has 4 aromatic rings. The molecular formula is C46H58Cl2N4Ru-6. The Morgan fingerprint density at radius 3 is 0.849 bits per heavy atom. The summed E-state index contributed by atoms with van der Waals surface area (Å²) in [7, 11) is 12.4. The van der Waals surface area contributed by atoms with Crippen molar-refractivity contribution in [1.82, 2.24) is 0 Å². The quantitative estimate of drug-likeness (QED) is 0.186. The van der Waals surface area contributed by atoms with Crippen molar-refractivity contribution in [3.05, 3.63) is 121 Å². The summed E-state index contributed by atoms with van der Waals surface area (Å²) in [5.41, 5.74) is 19.5. The molecule has 2 aliphatic heterocycles. The van der Waals surface area contributed by atoms with Gasteiger partial charge in [-0.2, -0.15) is 0 Å². The molecule has 0 bridgehead atoms. The maximum atomic E-state index is 8.87. The Balaban J connectivity index is 1.95. The van der Waals surface area contributed by atoms with Crippen LogP contribution in [-0.2, 0) is 10.3 Å². The molecule has 0 amide bonds. The Morgan fingerprint density at radius 2 is 0.660 bits per heavy atom. The number of halogens is 2. The minimum absolute atomic E-state index is 0.758. The fourth-order valence-corrected chi connectivity index (χ4v) is 20.0. The van der Waals surface area contributed by atoms with Crippen LogP contribution in [0.5, 0.6) is 0 Å². The Hall–Kier alpha value is -3.33. The van der Waals surface area contributed by atoms with E-state index in [0.717, 1.165) is 41.3 Å². The van der Waals surface area contributed by atoms with Crippen molar-refractivity contribution in [3.8, 4) is 0 Å². The van der Waals surface area contributed by atoms with E-state index in [-0.39, 0.29) is 0 Å². The maximum absolute atomic E-state index is 8.87. The van der Waals surface area contributed by atoms with Gasteiger partial charge in [0.1, 0.15) is 0 Å². The average molecular weight is 839 g/mol. The summed E-state index contributed by atoms with van der Waals surface area (Å²) in [6.07, 6.45) is 2.88. The first-order chi connectivity index (χ1) is 24.9. The molecule has 53 heavy (non-hydrogen) atoms. The van der Waals surface area contributed by atoms with E-state index < -0.39 is 10.3 Å². The van der Waals surface area contributed by atoms with Crippen LogP contribution in [-0.4, -0.2) is 39.2 Å². The second-order valence-electron chi connectivity index (χ2n) is 15.5. The van der Waals surface area contributed by atoms with Gasteiger partial charge in [0.2, 0.25) is 0 Å². The van der Waals surface area contributed by atoms with Crippen LogP contribution in [0.2, 0.25) is 0 Å². The van der Waals surface area contributed by atoms with Crippen LogP contribution in [0.3, 0.4) is 0 Å². The second-order valence-corrected chi connectivity index (χ2v) is 28.3. The topological polar surface area (TPSA) is 13.0 Å². The summed E-state index contributed by atoms with van der Waals surface area (Å²) < 4.78 is 5.89. The van der Waals surface area contributed by atoms with E-state index in [1.54, 1.807) is 0 Å². The van der Waals surface area contributed by atoms with Gasteiger partial charge in [0.05, 0.1) is 0 Å². The third-order valence-electron chi connectivity index (χ3n) is 10.6. The Labute approximate surface area is 327 Å². The Kier molecular flexibility index (Phi) is 10.7. The molecule has 0 unspecified atom stereocenters. The third kappa shape index (κ3) is 6.82. The van der Waals surface area contributed by atoms with E-state index in [2.05, 4.69) is 168 Å². The fraction of sp³-hybridized carbons (Fsp3) is 0.391. The number of benzene rings is 4. The average Bonchev–Trinajstić information content (AvgIpc) is 3.65. The van der Waals surface area contributed by atoms with Gasteiger partial charge in [-0.05, 0) is 0 Å². The predicted molar refractivity (Wildman–Crippen MR) is 234 cm³/mol. The summed E-state index contributed by atoms with van der Waals surface area (Å²) in [5, 5.41) is 0. The van der Waals surface area contributed by atoms with Gasteiger partial charge in [-0.1, -0.05) is 0 Å². The summed E-state index contributed by atoms with van der Waals surface area (Å²) in [4.78, 5) is 9.93. The number of hydrogen-bond acceptors (Lipinski definition) is 4. The molecule has 2 fully saturated rings. The molecule has 2 heterocycles. The van der Waals surface area contributed by atoms with Gasteiger partial charge in [-0.15, -0.1) is 0 Å². The van der Waals surface area contributed by atoms with Gasteiger partial charge in [-0.25, -0.2) is 0 Å². The molecule has 2 aliphatic rings. The molecule has 4 nitrogen and oxygen atoms in total. The van der Waals surface area contributed by atoms with Gasteiger partial charge in [-0.3, -0.25) is 0 Å². The van der Waals surface area contributed by atoms with Crippen molar-refractivity contribution in [2.24, 2.45) is 0 Å². The van der Waals surface area contributed by atoms with Gasteiger partial charge >= 0.3 is 329 Å². The van der Waals surface area contributed by atoms with Crippen LogP contribution in [0.4, 0.5) is 22.7 Å². The van der Waals surface area contributed by atoms with E-state index in [1.807, 2.05) is 0 Å². The standard InChI is InChI=1S/2C21H26N2.C4H6.2ClH.Ru/c2*1-14-9-16(3)20(17(4)10-14)22-7-8-23(13-22)21-18(5)11-15(2)12-19(21)6;1-3-4-2;;;/h2*9-12H,7-8H2,1-6H3;4H,3H2,1H3;2*1H;/q;;;;;-4/p-2. The Morgan fingerprint density at radius 1 is 0.453 bits per heavy atom. The molecule has 0 atom stereocenters. The molecule has 0 spiro atoms. The number of hydrogen-bond donors (Lipinski definition) is 0. The van der Waals surface area contributed by atoms with Gasteiger partial charge in [0, 0.05) is 0 Å². The molecule has 0 aliphatic carbocycles. The molecule has 2 saturated heterocycles. The van der Waals surface area contributed by atoms with Gasteiger partial charge in [0.15, 0.2) is 0 Å². The zero-order chi connectivity index (χ0) is 38.8. The van der Waals surface area contributed by atoms with Crippen molar-refractivity contribution < 1.29 is 10.3 Å². The molecule has 0 saturated carbocycles. The monoisotopic (exact) mass is 838 g/mol. The van der Waals surface area contributed by atoms with Crippen LogP contribution in [0.1, 0.15) is 80.1 Å². The predicted octanol–water partition coefficient (Wildman–Crippen LogP) is 11.3. The molecule has 6 rings (SSSR count). The van der Waals surface area contributed by atoms with E-state index in [4.69, 9.17) is 19.4 Å². The first-order valence-electron chi connectivity index (χ1n) is 18.9. The first-order valence-corrected chi connectivity index (χ1v) is 26.0. The molecular weight excluding hydrogens is 781 g/mol. The van der Waals surface area contributed by atoms with E-state index >= 15 is 0 Å². The molecule has 290 valence electrons. The van der Waals surface area contributed by atoms with Crippen molar-refractivity contribution in [2.75, 3.05) is 45.8 Å². The van der Waals surface area contributed by atoms with Crippen LogP contribution >= 0.6 is 19.4 Å². The summed E-state index contributed by atoms with van der Waals surface area (Å²) in [6, 6.07) is 18.3. The first kappa shape index (κ1) is 39.4. The number of allylic oxidation sites excluding steroid dienone is 1. The van der Waals surface area contributed by atoms with Crippen molar-refractivity contribution >= 4 is 55.1 Å². The SMILES string of the molecule is CCC=[C]=[Ru-6]([Cl])([Cl])(=[C]1N(c2c(C)cc(C)cc2C)CCN1c1c(C)cc(C)cc1C)=[C]1N(c2c(C)cc(C)cc2C)CCN1c1c(C)cc(C)cc1C. The molecule has 0 radical (unpaired) electrons. The van der Waals surface area contributed by atoms with E-state index in [1.165, 1.54) is 89.5 Å². The number of anilines is 4. The van der Waals surface area contributed by atoms with Crippen LogP contribution in [0.15, 0.2) is 54.6 Å². The second kappa shape index (κ2) is 14.4. The van der Waals surface area contributed by atoms with Gasteiger partial charge in [0.25, 0.3) is 0 Å². The summed E-state index contributed by atoms with van der Waals surface area (Å²) in [6.45, 7) is 31.7. The van der Waals surface area contributed by atoms with Crippen molar-refractivity contribution in [3.63, 3.8) is 0 Å². The molecule has 0 N–H and O–H groups in total. The van der Waals surface area contributed by atoms with Crippen LogP contribution < -0.4 is 19.6 Å². The zero-order valence-corrected chi connectivity index (χ0v) is 37.4. The molecule has 4 aromatic carbocycles. The van der Waals surface area contributed by atoms with E-state index in [0.29, 0.717) is 0 Å². The molecule has 7 heteroatoms. The van der Waals surface area contributed by atoms with Crippen LogP contribution in [0, 0.1) is 83.1 Å².